The van der Waals surface area contributed by atoms with Crippen molar-refractivity contribution >= 4 is 0 Å². The smallest absolute Gasteiger partial charge is 0.179 e. The van der Waals surface area contributed by atoms with E-state index in [1.165, 1.54) is 0 Å². The summed E-state index contributed by atoms with van der Waals surface area (Å²) < 4.78 is 0. The third-order valence-corrected chi connectivity index (χ3v) is 10.8. The minimum atomic E-state index is -1.84. The van der Waals surface area contributed by atoms with Crippen molar-refractivity contribution in [1.29, 1.82) is 0 Å². The Morgan fingerprint density at radius 2 is 0.537 bits per heavy atom. The Morgan fingerprint density at radius 3 is 0.815 bits per heavy atom. The topological polar surface area (TPSA) is 60.7 Å². The van der Waals surface area contributed by atoms with Crippen LogP contribution in [0.15, 0.2) is 164 Å². The number of rotatable bonds is 0. The SMILES string of the molecule is O[C@]1(C#Cc2ccccc2)c2ccccc2-c2c1c1c(c3c2[C@@](O)(C#Cc2ccccc2)c2ccccc2-3)[C@@](O)(C#Cc2ccccc2)c2ccccc2-1. The maximum absolute atomic E-state index is 13.3. The molecule has 3 nitrogen and oxygen atoms in total. The molecule has 3 heteroatoms. The summed E-state index contributed by atoms with van der Waals surface area (Å²) in [4.78, 5) is 0. The Bertz CT molecular complexity index is 2540. The number of hydrogen-bond acceptors (Lipinski definition) is 3. The molecule has 10 rings (SSSR count). The fourth-order valence-electron chi connectivity index (χ4n) is 8.54. The normalized spacial score (nSPS) is 20.3. The maximum atomic E-state index is 13.3. The highest BCUT2D eigenvalue weighted by Gasteiger charge is 2.57. The summed E-state index contributed by atoms with van der Waals surface area (Å²) >= 11 is 0. The zero-order chi connectivity index (χ0) is 36.5. The minimum Gasteiger partial charge on any atom is -0.369 e. The summed E-state index contributed by atoms with van der Waals surface area (Å²) in [5.74, 6) is 19.7. The monoisotopic (exact) mass is 690 g/mol. The van der Waals surface area contributed by atoms with Crippen molar-refractivity contribution < 1.29 is 15.3 Å². The van der Waals surface area contributed by atoms with Crippen molar-refractivity contribution in [2.24, 2.45) is 0 Å². The van der Waals surface area contributed by atoms with Crippen LogP contribution < -0.4 is 0 Å². The summed E-state index contributed by atoms with van der Waals surface area (Å²) in [6.07, 6.45) is 0. The first-order valence-corrected chi connectivity index (χ1v) is 17.9. The van der Waals surface area contributed by atoms with Crippen molar-refractivity contribution in [3.05, 3.63) is 214 Å². The van der Waals surface area contributed by atoms with Gasteiger partial charge in [0.25, 0.3) is 0 Å². The van der Waals surface area contributed by atoms with Gasteiger partial charge in [-0.3, -0.25) is 0 Å². The van der Waals surface area contributed by atoms with Gasteiger partial charge in [-0.05, 0) is 69.8 Å². The van der Waals surface area contributed by atoms with Crippen LogP contribution in [0.2, 0.25) is 0 Å². The summed E-state index contributed by atoms with van der Waals surface area (Å²) in [5.41, 5.74) is 4.19. The molecule has 0 spiro atoms. The van der Waals surface area contributed by atoms with E-state index < -0.39 is 16.8 Å². The van der Waals surface area contributed by atoms with Gasteiger partial charge in [-0.15, -0.1) is 0 Å². The molecule has 0 unspecified atom stereocenters. The quantitative estimate of drug-likeness (QED) is 0.140. The molecule has 54 heavy (non-hydrogen) atoms. The van der Waals surface area contributed by atoms with Crippen molar-refractivity contribution in [1.82, 2.24) is 0 Å². The fourth-order valence-corrected chi connectivity index (χ4v) is 8.54. The second kappa shape index (κ2) is 11.8. The van der Waals surface area contributed by atoms with E-state index in [9.17, 15) is 15.3 Å². The lowest BCUT2D eigenvalue weighted by molar-refractivity contribution is 0.142. The Hall–Kier alpha value is -6.90. The lowest BCUT2D eigenvalue weighted by Gasteiger charge is -2.29. The fraction of sp³-hybridized carbons (Fsp3) is 0.0588. The molecule has 7 aromatic rings. The van der Waals surface area contributed by atoms with Crippen molar-refractivity contribution in [3.8, 4) is 68.9 Å². The van der Waals surface area contributed by atoms with Crippen LogP contribution in [0.4, 0.5) is 0 Å². The number of fused-ring (bicyclic) bond motifs is 12. The van der Waals surface area contributed by atoms with E-state index >= 15 is 0 Å². The Balaban J connectivity index is 1.40. The van der Waals surface area contributed by atoms with Crippen LogP contribution in [-0.2, 0) is 16.8 Å². The third kappa shape index (κ3) is 4.47. The average molecular weight is 691 g/mol. The molecule has 0 saturated heterocycles. The molecule has 3 aliphatic rings. The van der Waals surface area contributed by atoms with Gasteiger partial charge >= 0.3 is 0 Å². The molecule has 0 bridgehead atoms. The van der Waals surface area contributed by atoms with Crippen LogP contribution in [0.5, 0.6) is 0 Å². The Labute approximate surface area is 313 Å². The number of aliphatic hydroxyl groups is 3. The van der Waals surface area contributed by atoms with E-state index in [-0.39, 0.29) is 0 Å². The molecule has 0 amide bonds. The number of hydrogen-bond donors (Lipinski definition) is 3. The summed E-state index contributed by atoms with van der Waals surface area (Å²) in [7, 11) is 0. The molecule has 3 aliphatic carbocycles. The van der Waals surface area contributed by atoms with Gasteiger partial charge in [-0.2, -0.15) is 0 Å². The minimum absolute atomic E-state index is 0.499. The van der Waals surface area contributed by atoms with Crippen LogP contribution in [0.25, 0.3) is 33.4 Å². The van der Waals surface area contributed by atoms with Gasteiger partial charge in [0.15, 0.2) is 16.8 Å². The Morgan fingerprint density at radius 1 is 0.296 bits per heavy atom. The van der Waals surface area contributed by atoms with Gasteiger partial charge in [0.2, 0.25) is 0 Å². The van der Waals surface area contributed by atoms with Gasteiger partial charge in [0, 0.05) is 50.1 Å². The highest BCUT2D eigenvalue weighted by molar-refractivity contribution is 6.05. The summed E-state index contributed by atoms with van der Waals surface area (Å²) in [5, 5.41) is 40.0. The van der Waals surface area contributed by atoms with Crippen LogP contribution in [0, 0.1) is 35.5 Å². The molecular weight excluding hydrogens is 661 g/mol. The van der Waals surface area contributed by atoms with E-state index in [4.69, 9.17) is 0 Å². The summed E-state index contributed by atoms with van der Waals surface area (Å²) in [6.45, 7) is 0. The van der Waals surface area contributed by atoms with Gasteiger partial charge in [-0.1, -0.05) is 163 Å². The van der Waals surface area contributed by atoms with Gasteiger partial charge in [0.1, 0.15) is 0 Å². The summed E-state index contributed by atoms with van der Waals surface area (Å²) in [6, 6.07) is 51.8. The van der Waals surface area contributed by atoms with Crippen LogP contribution in [0.3, 0.4) is 0 Å². The molecule has 0 heterocycles. The van der Waals surface area contributed by atoms with Crippen molar-refractivity contribution in [3.63, 3.8) is 0 Å². The molecule has 0 radical (unpaired) electrons. The van der Waals surface area contributed by atoms with Crippen molar-refractivity contribution in [2.45, 2.75) is 16.8 Å². The highest BCUT2D eigenvalue weighted by Crippen LogP contribution is 2.66. The standard InChI is InChI=1S/C51H30O3/c52-49(31-28-34-16-4-1-5-17-34)40-25-13-10-22-37(40)43-46(49)44-38-23-11-14-26-41(38)50(53,32-29-35-18-6-2-7-19-35)48(44)45-39-24-12-15-27-42(39)51(54,47(43)45)33-30-36-20-8-3-9-21-36/h1-27,52-54H/t49-,50-,51-/m1/s1. The first kappa shape index (κ1) is 31.8. The van der Waals surface area contributed by atoms with E-state index in [2.05, 4.69) is 35.5 Å². The number of benzene rings is 7. The maximum Gasteiger partial charge on any atom is 0.179 e. The molecular formula is C51H30O3. The van der Waals surface area contributed by atoms with Gasteiger partial charge in [0.05, 0.1) is 0 Å². The molecule has 7 aromatic carbocycles. The lowest BCUT2D eigenvalue weighted by atomic mass is 9.77. The molecule has 0 aromatic heterocycles. The second-order valence-electron chi connectivity index (χ2n) is 13.9. The van der Waals surface area contributed by atoms with Crippen LogP contribution in [-0.4, -0.2) is 15.3 Å². The van der Waals surface area contributed by atoms with Crippen LogP contribution in [0.1, 0.15) is 50.1 Å². The molecule has 0 aliphatic heterocycles. The van der Waals surface area contributed by atoms with Crippen molar-refractivity contribution in [2.75, 3.05) is 0 Å². The predicted octanol–water partition coefficient (Wildman–Crippen LogP) is 8.49. The molecule has 0 fully saturated rings. The zero-order valence-electron chi connectivity index (χ0n) is 28.9. The third-order valence-electron chi connectivity index (χ3n) is 10.8. The van der Waals surface area contributed by atoms with E-state index in [0.29, 0.717) is 50.1 Å². The van der Waals surface area contributed by atoms with Gasteiger partial charge in [-0.25, -0.2) is 0 Å². The lowest BCUT2D eigenvalue weighted by Crippen LogP contribution is -2.28. The molecule has 0 saturated carbocycles. The average Bonchev–Trinajstić information content (AvgIpc) is 3.75. The van der Waals surface area contributed by atoms with E-state index in [1.54, 1.807) is 0 Å². The van der Waals surface area contributed by atoms with Gasteiger partial charge < -0.3 is 15.3 Å². The molecule has 3 atom stereocenters. The van der Waals surface area contributed by atoms with E-state index in [1.807, 2.05) is 164 Å². The molecule has 252 valence electrons. The first-order chi connectivity index (χ1) is 26.4. The van der Waals surface area contributed by atoms with E-state index in [0.717, 1.165) is 33.4 Å². The second-order valence-corrected chi connectivity index (χ2v) is 13.9. The first-order valence-electron chi connectivity index (χ1n) is 17.9. The largest absolute Gasteiger partial charge is 0.369 e. The predicted molar refractivity (Wildman–Crippen MR) is 212 cm³/mol. The highest BCUT2D eigenvalue weighted by atomic mass is 16.3. The zero-order valence-corrected chi connectivity index (χ0v) is 28.9. The molecule has 3 N–H and O–H groups in total. The van der Waals surface area contributed by atoms with Crippen LogP contribution >= 0.6 is 0 Å². The Kier molecular flexibility index (Phi) is 6.96.